The summed E-state index contributed by atoms with van der Waals surface area (Å²) in [5.41, 5.74) is 2.34. The van der Waals surface area contributed by atoms with Crippen LogP contribution < -0.4 is 9.62 Å². The molecule has 2 aromatic carbocycles. The largest absolute Gasteiger partial charge is 0.481 e. The molecule has 1 heterocycles. The molecule has 2 aromatic rings. The van der Waals surface area contributed by atoms with Gasteiger partial charge in [-0.1, -0.05) is 40.2 Å². The van der Waals surface area contributed by atoms with Crippen molar-refractivity contribution in [3.63, 3.8) is 0 Å². The highest BCUT2D eigenvalue weighted by Crippen LogP contribution is 2.39. The molecule has 1 atom stereocenters. The number of nitrogens with zero attached hydrogens (tertiary/aromatic N) is 1. The van der Waals surface area contributed by atoms with Gasteiger partial charge in [0.05, 0.1) is 17.1 Å². The Hall–Kier alpha value is -1.90. The number of hydrogen-bond acceptors (Lipinski definition) is 3. The van der Waals surface area contributed by atoms with Crippen molar-refractivity contribution < 1.29 is 23.6 Å². The Bertz CT molecular complexity index is 962. The van der Waals surface area contributed by atoms with Crippen LogP contribution in [0.4, 0.5) is 5.69 Å². The molecule has 8 heteroatoms. The van der Waals surface area contributed by atoms with Crippen molar-refractivity contribution in [2.24, 2.45) is 0 Å². The predicted octanol–water partition coefficient (Wildman–Crippen LogP) is 2.50. The summed E-state index contributed by atoms with van der Waals surface area (Å²) in [5.74, 6) is -0.794. The summed E-state index contributed by atoms with van der Waals surface area (Å²) in [7, 11) is -2.09. The minimum atomic E-state index is -3.67. The predicted molar refractivity (Wildman–Crippen MR) is 106 cm³/mol. The molecular weight excluding hydrogens is 432 g/mol. The van der Waals surface area contributed by atoms with Crippen LogP contribution in [0.1, 0.15) is 36.4 Å². The van der Waals surface area contributed by atoms with E-state index in [0.717, 1.165) is 17.5 Å². The lowest BCUT2D eigenvalue weighted by Gasteiger charge is -2.20. The Morgan fingerprint density at radius 2 is 1.93 bits per heavy atom. The molecule has 1 unspecified atom stereocenters. The van der Waals surface area contributed by atoms with Gasteiger partial charge in [0.25, 0.3) is 10.0 Å². The monoisotopic (exact) mass is 453 g/mol. The average molecular weight is 454 g/mol. The van der Waals surface area contributed by atoms with E-state index in [1.54, 1.807) is 13.1 Å². The Morgan fingerprint density at radius 3 is 2.67 bits per heavy atom. The first-order chi connectivity index (χ1) is 12.8. The molecule has 0 saturated heterocycles. The van der Waals surface area contributed by atoms with Crippen LogP contribution in [0, 0.1) is 0 Å². The number of fused-ring (bicyclic) bond motifs is 2. The maximum Gasteiger partial charge on any atom is 0.303 e. The van der Waals surface area contributed by atoms with Crippen molar-refractivity contribution in [3.05, 3.63) is 58.1 Å². The molecule has 0 amide bonds. The first-order valence-electron chi connectivity index (χ1n) is 8.75. The molecule has 144 valence electrons. The number of quaternary nitrogens is 1. The first kappa shape index (κ1) is 19.9. The topological polar surface area (TPSA) is 91.3 Å². The standard InChI is InChI=1S/C19H21BrN2O4S/c1-22-16-7-3-2-6-14(16)19(21-11-5-4-8-18(23)24)15-10-9-13(20)12-17(15)27(22,25)26/h2-3,6-7,9-10,12,19,21H,4-5,8,11H2,1H3,(H,23,24)/p+1. The van der Waals surface area contributed by atoms with Crippen molar-refractivity contribution >= 4 is 37.6 Å². The number of carboxylic acid groups (broad SMARTS) is 1. The zero-order valence-electron chi connectivity index (χ0n) is 14.9. The van der Waals surface area contributed by atoms with Gasteiger partial charge in [-0.3, -0.25) is 9.10 Å². The minimum absolute atomic E-state index is 0.149. The lowest BCUT2D eigenvalue weighted by atomic mass is 9.96. The van der Waals surface area contributed by atoms with Crippen LogP contribution in [0.15, 0.2) is 51.8 Å². The van der Waals surface area contributed by atoms with Crippen molar-refractivity contribution in [1.29, 1.82) is 0 Å². The fraction of sp³-hybridized carbons (Fsp3) is 0.316. The Morgan fingerprint density at radius 1 is 1.19 bits per heavy atom. The normalized spacial score (nSPS) is 17.7. The molecule has 0 radical (unpaired) electrons. The molecule has 0 spiro atoms. The van der Waals surface area contributed by atoms with Gasteiger partial charge in [-0.25, -0.2) is 8.42 Å². The Balaban J connectivity index is 2.01. The van der Waals surface area contributed by atoms with Crippen LogP contribution in [0.25, 0.3) is 0 Å². The van der Waals surface area contributed by atoms with Gasteiger partial charge in [0.2, 0.25) is 0 Å². The average Bonchev–Trinajstić information content (AvgIpc) is 2.70. The summed E-state index contributed by atoms with van der Waals surface area (Å²) >= 11 is 3.38. The number of para-hydroxylation sites is 1. The number of carbonyl (C=O) groups is 1. The van der Waals surface area contributed by atoms with E-state index >= 15 is 0 Å². The molecule has 0 aliphatic carbocycles. The Kier molecular flexibility index (Phi) is 5.88. The van der Waals surface area contributed by atoms with Gasteiger partial charge in [0, 0.05) is 29.1 Å². The number of carboxylic acids is 1. The smallest absolute Gasteiger partial charge is 0.303 e. The zero-order chi connectivity index (χ0) is 19.6. The minimum Gasteiger partial charge on any atom is -0.481 e. The number of hydrogen-bond donors (Lipinski definition) is 2. The quantitative estimate of drug-likeness (QED) is 0.657. The molecule has 0 aromatic heterocycles. The van der Waals surface area contributed by atoms with Gasteiger partial charge >= 0.3 is 5.97 Å². The van der Waals surface area contributed by atoms with Crippen LogP contribution in [0.2, 0.25) is 0 Å². The maximum atomic E-state index is 13.2. The summed E-state index contributed by atoms with van der Waals surface area (Å²) in [6.45, 7) is 0.714. The molecule has 6 nitrogen and oxygen atoms in total. The van der Waals surface area contributed by atoms with E-state index in [4.69, 9.17) is 5.11 Å². The van der Waals surface area contributed by atoms with E-state index in [2.05, 4.69) is 21.2 Å². The molecule has 1 aliphatic rings. The van der Waals surface area contributed by atoms with Crippen LogP contribution in [0.3, 0.4) is 0 Å². The van der Waals surface area contributed by atoms with Gasteiger partial charge in [0.15, 0.2) is 0 Å². The van der Waals surface area contributed by atoms with E-state index in [-0.39, 0.29) is 12.5 Å². The van der Waals surface area contributed by atoms with Gasteiger partial charge in [-0.05, 0) is 31.0 Å². The summed E-state index contributed by atoms with van der Waals surface area (Å²) < 4.78 is 28.4. The fourth-order valence-electron chi connectivity index (χ4n) is 3.43. The second kappa shape index (κ2) is 8.00. The van der Waals surface area contributed by atoms with Crippen LogP contribution in [-0.2, 0) is 14.8 Å². The van der Waals surface area contributed by atoms with E-state index < -0.39 is 16.0 Å². The number of benzene rings is 2. The van der Waals surface area contributed by atoms with Crippen LogP contribution >= 0.6 is 15.9 Å². The van der Waals surface area contributed by atoms with E-state index in [9.17, 15) is 13.2 Å². The fourth-order valence-corrected chi connectivity index (χ4v) is 5.43. The molecule has 0 fully saturated rings. The second-order valence-electron chi connectivity index (χ2n) is 6.57. The SMILES string of the molecule is CN1c2ccccc2C([NH2+]CCCCC(=O)O)c2ccc(Br)cc2S1(=O)=O. The molecule has 0 saturated carbocycles. The molecule has 27 heavy (non-hydrogen) atoms. The summed E-state index contributed by atoms with van der Waals surface area (Å²) in [6, 6.07) is 12.7. The molecule has 1 aliphatic heterocycles. The summed E-state index contributed by atoms with van der Waals surface area (Å²) in [4.78, 5) is 11.0. The van der Waals surface area contributed by atoms with Crippen molar-refractivity contribution in [2.45, 2.75) is 30.2 Å². The number of nitrogens with two attached hydrogens (primary N) is 1. The van der Waals surface area contributed by atoms with E-state index in [1.807, 2.05) is 36.4 Å². The molecule has 3 N–H and O–H groups in total. The number of aliphatic carboxylic acids is 1. The maximum absolute atomic E-state index is 13.2. The van der Waals surface area contributed by atoms with Gasteiger partial charge < -0.3 is 10.4 Å². The Labute approximate surface area is 167 Å². The number of unbranched alkanes of at least 4 members (excludes halogenated alkanes) is 1. The van der Waals surface area contributed by atoms with Crippen LogP contribution in [0.5, 0.6) is 0 Å². The molecule has 0 bridgehead atoms. The van der Waals surface area contributed by atoms with Crippen molar-refractivity contribution in [2.75, 3.05) is 17.9 Å². The highest BCUT2D eigenvalue weighted by molar-refractivity contribution is 9.10. The van der Waals surface area contributed by atoms with E-state index in [1.165, 1.54) is 4.31 Å². The van der Waals surface area contributed by atoms with Crippen molar-refractivity contribution in [3.8, 4) is 0 Å². The number of halogens is 1. The van der Waals surface area contributed by atoms with Crippen molar-refractivity contribution in [1.82, 2.24) is 0 Å². The van der Waals surface area contributed by atoms with Crippen LogP contribution in [-0.4, -0.2) is 33.1 Å². The van der Waals surface area contributed by atoms with Gasteiger partial charge in [-0.2, -0.15) is 0 Å². The first-order valence-corrected chi connectivity index (χ1v) is 11.0. The third-order valence-electron chi connectivity index (χ3n) is 4.81. The number of rotatable bonds is 6. The second-order valence-corrected chi connectivity index (χ2v) is 9.42. The zero-order valence-corrected chi connectivity index (χ0v) is 17.3. The molecular formula is C19H22BrN2O4S+. The number of anilines is 1. The van der Waals surface area contributed by atoms with Gasteiger partial charge in [0.1, 0.15) is 6.04 Å². The highest BCUT2D eigenvalue weighted by atomic mass is 79.9. The highest BCUT2D eigenvalue weighted by Gasteiger charge is 2.36. The lowest BCUT2D eigenvalue weighted by Crippen LogP contribution is -2.85. The third-order valence-corrected chi connectivity index (χ3v) is 7.13. The summed E-state index contributed by atoms with van der Waals surface area (Å²) in [6.07, 6.45) is 1.50. The summed E-state index contributed by atoms with van der Waals surface area (Å²) in [5, 5.41) is 10.9. The van der Waals surface area contributed by atoms with Gasteiger partial charge in [-0.15, -0.1) is 0 Å². The lowest BCUT2D eigenvalue weighted by molar-refractivity contribution is -0.687. The number of sulfonamides is 1. The van der Waals surface area contributed by atoms with E-state index in [0.29, 0.717) is 28.0 Å². The third kappa shape index (κ3) is 4.02. The molecule has 3 rings (SSSR count).